The predicted molar refractivity (Wildman–Crippen MR) is 54.2 cm³/mol. The SMILES string of the molecule is [Si]C=CC(c1ccco1)c1ccco1. The molecule has 2 nitrogen and oxygen atoms in total. The molecule has 0 unspecified atom stereocenters. The van der Waals surface area contributed by atoms with Gasteiger partial charge in [0.05, 0.1) is 28.7 Å². The lowest BCUT2D eigenvalue weighted by Crippen LogP contribution is -1.93. The molecule has 2 aromatic rings. The highest BCUT2D eigenvalue weighted by Crippen LogP contribution is 2.26. The van der Waals surface area contributed by atoms with Gasteiger partial charge in [0.1, 0.15) is 11.5 Å². The van der Waals surface area contributed by atoms with Crippen LogP contribution in [0.1, 0.15) is 17.4 Å². The molecule has 14 heavy (non-hydrogen) atoms. The van der Waals surface area contributed by atoms with Gasteiger partial charge in [0.2, 0.25) is 0 Å². The molecule has 0 saturated heterocycles. The average molecular weight is 201 g/mol. The van der Waals surface area contributed by atoms with Crippen molar-refractivity contribution in [1.29, 1.82) is 0 Å². The van der Waals surface area contributed by atoms with Gasteiger partial charge in [-0.1, -0.05) is 6.08 Å². The fourth-order valence-electron chi connectivity index (χ4n) is 1.36. The van der Waals surface area contributed by atoms with Gasteiger partial charge >= 0.3 is 0 Å². The molecule has 3 heteroatoms. The molecule has 0 amide bonds. The molecule has 0 saturated carbocycles. The third-order valence-corrected chi connectivity index (χ3v) is 2.18. The standard InChI is InChI=1S/C11H9O2Si/c14-8-5-9(10-3-1-6-12-10)11-4-2-7-13-11/h1-9H. The number of hydrogen-bond acceptors (Lipinski definition) is 2. The van der Waals surface area contributed by atoms with Crippen LogP contribution in [0.2, 0.25) is 0 Å². The number of hydrogen-bond donors (Lipinski definition) is 0. The van der Waals surface area contributed by atoms with Gasteiger partial charge in [-0.25, -0.2) is 0 Å². The maximum Gasteiger partial charge on any atom is 0.118 e. The molecule has 0 atom stereocenters. The van der Waals surface area contributed by atoms with Gasteiger partial charge in [0, 0.05) is 0 Å². The molecule has 69 valence electrons. The van der Waals surface area contributed by atoms with Crippen molar-refractivity contribution < 1.29 is 8.83 Å². The van der Waals surface area contributed by atoms with Crippen LogP contribution in [0, 0.1) is 0 Å². The number of allylic oxidation sites excluding steroid dienone is 1. The van der Waals surface area contributed by atoms with Crippen LogP contribution in [0.3, 0.4) is 0 Å². The Hall–Kier alpha value is -1.48. The van der Waals surface area contributed by atoms with E-state index in [9.17, 15) is 0 Å². The zero-order chi connectivity index (χ0) is 9.80. The molecule has 0 fully saturated rings. The van der Waals surface area contributed by atoms with E-state index in [1.165, 1.54) is 0 Å². The van der Waals surface area contributed by atoms with E-state index in [1.54, 1.807) is 18.2 Å². The van der Waals surface area contributed by atoms with Gasteiger partial charge in [-0.05, 0) is 24.3 Å². The summed E-state index contributed by atoms with van der Waals surface area (Å²) in [4.78, 5) is 0. The summed E-state index contributed by atoms with van der Waals surface area (Å²) in [5, 5.41) is 0. The summed E-state index contributed by atoms with van der Waals surface area (Å²) < 4.78 is 10.7. The Kier molecular flexibility index (Phi) is 2.69. The lowest BCUT2D eigenvalue weighted by molar-refractivity contribution is 0.454. The van der Waals surface area contributed by atoms with Gasteiger partial charge in [-0.2, -0.15) is 0 Å². The third kappa shape index (κ3) is 1.72. The van der Waals surface area contributed by atoms with Crippen molar-refractivity contribution in [3.05, 3.63) is 60.1 Å². The summed E-state index contributed by atoms with van der Waals surface area (Å²) in [6.45, 7) is 0. The van der Waals surface area contributed by atoms with E-state index in [-0.39, 0.29) is 5.92 Å². The highest BCUT2D eigenvalue weighted by molar-refractivity contribution is 6.17. The second kappa shape index (κ2) is 4.15. The fraction of sp³-hybridized carbons (Fsp3) is 0.0909. The fourth-order valence-corrected chi connectivity index (χ4v) is 1.56. The van der Waals surface area contributed by atoms with Crippen LogP contribution in [-0.2, 0) is 0 Å². The third-order valence-electron chi connectivity index (χ3n) is 1.99. The highest BCUT2D eigenvalue weighted by Gasteiger charge is 2.15. The quantitative estimate of drug-likeness (QED) is 0.714. The van der Waals surface area contributed by atoms with E-state index in [0.29, 0.717) is 0 Å². The minimum absolute atomic E-state index is 0.0394. The summed E-state index contributed by atoms with van der Waals surface area (Å²) >= 11 is 0. The summed E-state index contributed by atoms with van der Waals surface area (Å²) in [5.74, 6) is 1.78. The zero-order valence-corrected chi connectivity index (χ0v) is 8.51. The first kappa shape index (κ1) is 9.09. The first-order valence-electron chi connectivity index (χ1n) is 4.32. The molecule has 0 aliphatic rings. The Balaban J connectivity index is 2.34. The van der Waals surface area contributed by atoms with E-state index in [2.05, 4.69) is 10.2 Å². The van der Waals surface area contributed by atoms with E-state index < -0.39 is 0 Å². The van der Waals surface area contributed by atoms with E-state index in [4.69, 9.17) is 8.83 Å². The Morgan fingerprint density at radius 1 is 1.07 bits per heavy atom. The summed E-state index contributed by atoms with van der Waals surface area (Å²) in [6, 6.07) is 7.60. The summed E-state index contributed by atoms with van der Waals surface area (Å²) in [6.07, 6.45) is 5.29. The molecule has 2 aromatic heterocycles. The first-order chi connectivity index (χ1) is 6.92. The molecule has 2 heterocycles. The minimum Gasteiger partial charge on any atom is -0.468 e. The van der Waals surface area contributed by atoms with Crippen molar-refractivity contribution in [3.63, 3.8) is 0 Å². The molecular formula is C11H9O2Si. The molecule has 2 rings (SSSR count). The first-order valence-corrected chi connectivity index (χ1v) is 4.90. The van der Waals surface area contributed by atoms with Crippen LogP contribution in [0.25, 0.3) is 0 Å². The largest absolute Gasteiger partial charge is 0.468 e. The maximum absolute atomic E-state index is 5.34. The van der Waals surface area contributed by atoms with Crippen molar-refractivity contribution in [2.75, 3.05) is 0 Å². The summed E-state index contributed by atoms with van der Waals surface area (Å²) in [7, 11) is 3.30. The van der Waals surface area contributed by atoms with E-state index in [0.717, 1.165) is 11.5 Å². The molecule has 3 radical (unpaired) electrons. The van der Waals surface area contributed by atoms with Crippen molar-refractivity contribution in [1.82, 2.24) is 0 Å². The van der Waals surface area contributed by atoms with Crippen molar-refractivity contribution >= 4 is 10.2 Å². The molecule has 0 aromatic carbocycles. The number of furan rings is 2. The zero-order valence-electron chi connectivity index (χ0n) is 7.51. The molecular weight excluding hydrogens is 192 g/mol. The van der Waals surface area contributed by atoms with Crippen molar-refractivity contribution in [3.8, 4) is 0 Å². The second-order valence-corrected chi connectivity index (χ2v) is 3.20. The Bertz CT molecular complexity index is 353. The predicted octanol–water partition coefficient (Wildman–Crippen LogP) is 2.69. The highest BCUT2D eigenvalue weighted by atomic mass is 28.1. The Labute approximate surface area is 85.7 Å². The monoisotopic (exact) mass is 201 g/mol. The van der Waals surface area contributed by atoms with Crippen LogP contribution in [0.5, 0.6) is 0 Å². The van der Waals surface area contributed by atoms with E-state index >= 15 is 0 Å². The van der Waals surface area contributed by atoms with Gasteiger partial charge in [0.25, 0.3) is 0 Å². The van der Waals surface area contributed by atoms with Crippen LogP contribution in [0.4, 0.5) is 0 Å². The van der Waals surface area contributed by atoms with Crippen LogP contribution in [-0.4, -0.2) is 10.2 Å². The van der Waals surface area contributed by atoms with Gasteiger partial charge in [-0.3, -0.25) is 0 Å². The molecule has 0 aliphatic carbocycles. The van der Waals surface area contributed by atoms with Crippen molar-refractivity contribution in [2.45, 2.75) is 5.92 Å². The molecule has 0 bridgehead atoms. The Morgan fingerprint density at radius 2 is 1.64 bits per heavy atom. The average Bonchev–Trinajstić information content (AvgIpc) is 2.87. The smallest absolute Gasteiger partial charge is 0.118 e. The van der Waals surface area contributed by atoms with Crippen LogP contribution in [0.15, 0.2) is 57.4 Å². The Morgan fingerprint density at radius 3 is 2.00 bits per heavy atom. The van der Waals surface area contributed by atoms with Crippen LogP contribution < -0.4 is 0 Å². The molecule has 0 N–H and O–H groups in total. The normalized spacial score (nSPS) is 11.6. The van der Waals surface area contributed by atoms with Gasteiger partial charge in [0.15, 0.2) is 0 Å². The van der Waals surface area contributed by atoms with Crippen LogP contribution >= 0.6 is 0 Å². The minimum atomic E-state index is 0.0394. The molecule has 0 spiro atoms. The number of rotatable bonds is 3. The van der Waals surface area contributed by atoms with E-state index in [1.807, 2.05) is 30.3 Å². The second-order valence-electron chi connectivity index (χ2n) is 2.87. The van der Waals surface area contributed by atoms with Gasteiger partial charge in [-0.15, -0.1) is 5.70 Å². The lowest BCUT2D eigenvalue weighted by atomic mass is 10.0. The maximum atomic E-state index is 5.34. The molecule has 0 aliphatic heterocycles. The van der Waals surface area contributed by atoms with Crippen molar-refractivity contribution in [2.24, 2.45) is 0 Å². The van der Waals surface area contributed by atoms with Gasteiger partial charge < -0.3 is 8.83 Å². The lowest BCUT2D eigenvalue weighted by Gasteiger charge is -2.05. The topological polar surface area (TPSA) is 26.3 Å². The summed E-state index contributed by atoms with van der Waals surface area (Å²) in [5.41, 5.74) is 1.80.